The third kappa shape index (κ3) is 4.69. The van der Waals surface area contributed by atoms with Crippen LogP contribution in [-0.2, 0) is 17.5 Å². The summed E-state index contributed by atoms with van der Waals surface area (Å²) in [7, 11) is 1.85. The van der Waals surface area contributed by atoms with Crippen molar-refractivity contribution in [1.82, 2.24) is 4.90 Å². The van der Waals surface area contributed by atoms with E-state index >= 15 is 0 Å². The molecule has 1 aliphatic heterocycles. The average Bonchev–Trinajstić information content (AvgIpc) is 2.38. The Kier molecular flexibility index (Phi) is 4.91. The second-order valence-corrected chi connectivity index (χ2v) is 5.70. The van der Waals surface area contributed by atoms with Gasteiger partial charge in [-0.1, -0.05) is 12.1 Å². The maximum atomic E-state index is 12.5. The Hall–Kier alpha value is -1.11. The smallest absolute Gasteiger partial charge is 0.388 e. The van der Waals surface area contributed by atoms with Gasteiger partial charge >= 0.3 is 6.18 Å². The minimum absolute atomic E-state index is 0.484. The molecule has 1 aliphatic rings. The standard InChI is InChI=1S/C15H20F3NO2/c1-19(11-14(20)6-8-21-9-7-14)10-12-2-4-13(5-3-12)15(16,17)18/h2-5,20H,6-11H2,1H3. The molecule has 3 nitrogen and oxygen atoms in total. The number of hydrogen-bond acceptors (Lipinski definition) is 3. The maximum absolute atomic E-state index is 12.5. The first kappa shape index (κ1) is 16.3. The van der Waals surface area contributed by atoms with Gasteiger partial charge in [-0.05, 0) is 24.7 Å². The van der Waals surface area contributed by atoms with Gasteiger partial charge in [0, 0.05) is 39.1 Å². The number of benzene rings is 1. The molecule has 2 rings (SSSR count). The molecule has 0 aromatic heterocycles. The summed E-state index contributed by atoms with van der Waals surface area (Å²) >= 11 is 0. The van der Waals surface area contributed by atoms with Crippen LogP contribution in [0.15, 0.2) is 24.3 Å². The number of ether oxygens (including phenoxy) is 1. The number of nitrogens with zero attached hydrogens (tertiary/aromatic N) is 1. The lowest BCUT2D eigenvalue weighted by Gasteiger charge is -2.35. The molecule has 1 fully saturated rings. The first-order chi connectivity index (χ1) is 9.78. The van der Waals surface area contributed by atoms with E-state index < -0.39 is 17.3 Å². The lowest BCUT2D eigenvalue weighted by atomic mass is 9.94. The van der Waals surface area contributed by atoms with Crippen LogP contribution in [0, 0.1) is 0 Å². The number of halogens is 3. The highest BCUT2D eigenvalue weighted by atomic mass is 19.4. The van der Waals surface area contributed by atoms with Crippen LogP contribution in [0.25, 0.3) is 0 Å². The Morgan fingerprint density at radius 1 is 1.19 bits per heavy atom. The van der Waals surface area contributed by atoms with Gasteiger partial charge in [-0.25, -0.2) is 0 Å². The highest BCUT2D eigenvalue weighted by molar-refractivity contribution is 5.24. The quantitative estimate of drug-likeness (QED) is 0.928. The van der Waals surface area contributed by atoms with Crippen molar-refractivity contribution >= 4 is 0 Å². The minimum Gasteiger partial charge on any atom is -0.388 e. The van der Waals surface area contributed by atoms with E-state index in [-0.39, 0.29) is 0 Å². The first-order valence-electron chi connectivity index (χ1n) is 6.93. The fraction of sp³-hybridized carbons (Fsp3) is 0.600. The molecule has 1 aromatic rings. The van der Waals surface area contributed by atoms with Crippen molar-refractivity contribution in [3.8, 4) is 0 Å². The second kappa shape index (κ2) is 6.34. The number of hydrogen-bond donors (Lipinski definition) is 1. The third-order valence-corrected chi connectivity index (χ3v) is 3.72. The molecule has 0 radical (unpaired) electrons. The van der Waals surface area contributed by atoms with Gasteiger partial charge in [0.25, 0.3) is 0 Å². The first-order valence-corrected chi connectivity index (χ1v) is 6.93. The Bertz CT molecular complexity index is 453. The zero-order valence-corrected chi connectivity index (χ0v) is 12.0. The summed E-state index contributed by atoms with van der Waals surface area (Å²) in [6.07, 6.45) is -3.13. The number of alkyl halides is 3. The molecule has 0 saturated carbocycles. The normalized spacial score (nSPS) is 19.0. The Balaban J connectivity index is 1.91. The summed E-state index contributed by atoms with van der Waals surface area (Å²) in [6, 6.07) is 5.14. The van der Waals surface area contributed by atoms with E-state index in [1.807, 2.05) is 11.9 Å². The molecule has 0 unspecified atom stereocenters. The molecule has 0 aliphatic carbocycles. The predicted octanol–water partition coefficient (Wildman–Crippen LogP) is 2.68. The summed E-state index contributed by atoms with van der Waals surface area (Å²) < 4.78 is 42.7. The predicted molar refractivity (Wildman–Crippen MR) is 72.8 cm³/mol. The lowest BCUT2D eigenvalue weighted by molar-refractivity contribution is -0.137. The zero-order chi connectivity index (χ0) is 15.5. The summed E-state index contributed by atoms with van der Waals surface area (Å²) in [6.45, 7) is 2.08. The van der Waals surface area contributed by atoms with Gasteiger partial charge in [0.05, 0.1) is 11.2 Å². The van der Waals surface area contributed by atoms with Crippen LogP contribution in [0.1, 0.15) is 24.0 Å². The molecule has 21 heavy (non-hydrogen) atoms. The van der Waals surface area contributed by atoms with Crippen LogP contribution < -0.4 is 0 Å². The van der Waals surface area contributed by atoms with Gasteiger partial charge in [0.2, 0.25) is 0 Å². The van der Waals surface area contributed by atoms with Gasteiger partial charge in [0.15, 0.2) is 0 Å². The van der Waals surface area contributed by atoms with Crippen LogP contribution in [0.4, 0.5) is 13.2 Å². The van der Waals surface area contributed by atoms with Crippen LogP contribution in [0.5, 0.6) is 0 Å². The molecule has 1 N–H and O–H groups in total. The van der Waals surface area contributed by atoms with Crippen LogP contribution in [0.3, 0.4) is 0 Å². The van der Waals surface area contributed by atoms with E-state index in [1.165, 1.54) is 12.1 Å². The number of aliphatic hydroxyl groups is 1. The highest BCUT2D eigenvalue weighted by Gasteiger charge is 2.31. The van der Waals surface area contributed by atoms with Crippen molar-refractivity contribution in [2.45, 2.75) is 31.2 Å². The van der Waals surface area contributed by atoms with Crippen LogP contribution >= 0.6 is 0 Å². The largest absolute Gasteiger partial charge is 0.416 e. The van der Waals surface area contributed by atoms with E-state index in [0.717, 1.165) is 17.7 Å². The Labute approximate surface area is 122 Å². The molecular formula is C15H20F3NO2. The molecule has 118 valence electrons. The molecular weight excluding hydrogens is 283 g/mol. The van der Waals surface area contributed by atoms with Gasteiger partial charge in [-0.15, -0.1) is 0 Å². The van der Waals surface area contributed by atoms with Crippen molar-refractivity contribution in [2.75, 3.05) is 26.8 Å². The SMILES string of the molecule is CN(Cc1ccc(C(F)(F)F)cc1)CC1(O)CCOCC1. The van der Waals surface area contributed by atoms with Crippen molar-refractivity contribution in [3.63, 3.8) is 0 Å². The van der Waals surface area contributed by atoms with E-state index in [9.17, 15) is 18.3 Å². The van der Waals surface area contributed by atoms with Gasteiger partial charge < -0.3 is 9.84 Å². The average molecular weight is 303 g/mol. The fourth-order valence-electron chi connectivity index (χ4n) is 2.58. The highest BCUT2D eigenvalue weighted by Crippen LogP contribution is 2.29. The minimum atomic E-state index is -4.30. The van der Waals surface area contributed by atoms with Gasteiger partial charge in [0.1, 0.15) is 0 Å². The summed E-state index contributed by atoms with van der Waals surface area (Å²) in [5.41, 5.74) is -0.614. The number of likely N-dealkylation sites (N-methyl/N-ethyl adjacent to an activating group) is 1. The molecule has 0 amide bonds. The van der Waals surface area contributed by atoms with Crippen molar-refractivity contribution in [2.24, 2.45) is 0 Å². The van der Waals surface area contributed by atoms with Gasteiger partial charge in [-0.2, -0.15) is 13.2 Å². The second-order valence-electron chi connectivity index (χ2n) is 5.70. The van der Waals surface area contributed by atoms with E-state index in [0.29, 0.717) is 39.1 Å². The summed E-state index contributed by atoms with van der Waals surface area (Å²) in [4.78, 5) is 1.92. The van der Waals surface area contributed by atoms with E-state index in [2.05, 4.69) is 0 Å². The Morgan fingerprint density at radius 2 is 1.76 bits per heavy atom. The van der Waals surface area contributed by atoms with Crippen LogP contribution in [-0.4, -0.2) is 42.4 Å². The van der Waals surface area contributed by atoms with Crippen molar-refractivity contribution < 1.29 is 23.0 Å². The lowest BCUT2D eigenvalue weighted by Crippen LogP contribution is -2.45. The topological polar surface area (TPSA) is 32.7 Å². The molecule has 0 bridgehead atoms. The maximum Gasteiger partial charge on any atom is 0.416 e. The zero-order valence-electron chi connectivity index (χ0n) is 12.0. The Morgan fingerprint density at radius 3 is 2.29 bits per heavy atom. The molecule has 0 spiro atoms. The molecule has 1 saturated heterocycles. The van der Waals surface area contributed by atoms with Crippen molar-refractivity contribution in [3.05, 3.63) is 35.4 Å². The van der Waals surface area contributed by atoms with Crippen LogP contribution in [0.2, 0.25) is 0 Å². The summed E-state index contributed by atoms with van der Waals surface area (Å²) in [5.74, 6) is 0. The molecule has 1 heterocycles. The monoisotopic (exact) mass is 303 g/mol. The van der Waals surface area contributed by atoms with Crippen molar-refractivity contribution in [1.29, 1.82) is 0 Å². The fourth-order valence-corrected chi connectivity index (χ4v) is 2.58. The van der Waals surface area contributed by atoms with Gasteiger partial charge in [-0.3, -0.25) is 4.90 Å². The molecule has 0 atom stereocenters. The number of rotatable bonds is 4. The summed E-state index contributed by atoms with van der Waals surface area (Å²) in [5, 5.41) is 10.4. The molecule has 1 aromatic carbocycles. The van der Waals surface area contributed by atoms with E-state index in [1.54, 1.807) is 0 Å². The third-order valence-electron chi connectivity index (χ3n) is 3.72. The van der Waals surface area contributed by atoms with E-state index in [4.69, 9.17) is 4.74 Å². The molecule has 6 heteroatoms.